The fraction of sp³-hybridized carbons (Fsp3) is 0.875. The third kappa shape index (κ3) is 1.59. The van der Waals surface area contributed by atoms with E-state index in [1.165, 1.54) is 0 Å². The van der Waals surface area contributed by atoms with E-state index in [0.29, 0.717) is 12.2 Å². The summed E-state index contributed by atoms with van der Waals surface area (Å²) in [6.07, 6.45) is 2.79. The van der Waals surface area contributed by atoms with Gasteiger partial charge in [-0.2, -0.15) is 0 Å². The Morgan fingerprint density at radius 3 is 2.50 bits per heavy atom. The fourth-order valence-corrected chi connectivity index (χ4v) is 2.02. The number of rotatable bonds is 2. The van der Waals surface area contributed by atoms with Crippen LogP contribution in [0.25, 0.3) is 0 Å². The molecule has 0 radical (unpaired) electrons. The van der Waals surface area contributed by atoms with Gasteiger partial charge in [-0.25, -0.2) is 0 Å². The highest BCUT2D eigenvalue weighted by Gasteiger charge is 2.33. The highest BCUT2D eigenvalue weighted by atomic mass is 16.5. The van der Waals surface area contributed by atoms with Crippen molar-refractivity contribution in [3.63, 3.8) is 0 Å². The molecule has 0 aromatic heterocycles. The number of carboxylic acid groups (broad SMARTS) is 1. The molecule has 2 unspecified atom stereocenters. The van der Waals surface area contributed by atoms with Crippen LogP contribution in [0.3, 0.4) is 0 Å². The number of ether oxygens (including phenoxy) is 1. The van der Waals surface area contributed by atoms with E-state index in [4.69, 9.17) is 9.84 Å². The lowest BCUT2D eigenvalue weighted by Crippen LogP contribution is -2.44. The fourth-order valence-electron chi connectivity index (χ4n) is 2.02. The van der Waals surface area contributed by atoms with Crippen molar-refractivity contribution in [1.82, 2.24) is 4.90 Å². The number of nitrogens with zero attached hydrogens (tertiary/aromatic N) is 1. The van der Waals surface area contributed by atoms with Crippen LogP contribution >= 0.6 is 0 Å². The minimum Gasteiger partial charge on any atom is -0.480 e. The number of hydrogen-bond acceptors (Lipinski definition) is 3. The van der Waals surface area contributed by atoms with Crippen molar-refractivity contribution in [2.75, 3.05) is 19.6 Å². The summed E-state index contributed by atoms with van der Waals surface area (Å²) < 4.78 is 5.57. The molecular formula is C8H13NO3. The molecule has 2 bridgehead atoms. The molecule has 2 atom stereocenters. The number of morpholine rings is 1. The molecule has 2 saturated heterocycles. The van der Waals surface area contributed by atoms with Crippen molar-refractivity contribution in [3.8, 4) is 0 Å². The van der Waals surface area contributed by atoms with E-state index < -0.39 is 5.97 Å². The van der Waals surface area contributed by atoms with Gasteiger partial charge in [0.15, 0.2) is 0 Å². The summed E-state index contributed by atoms with van der Waals surface area (Å²) in [5.74, 6) is -0.740. The molecule has 0 aromatic rings. The lowest BCUT2D eigenvalue weighted by atomic mass is 10.2. The van der Waals surface area contributed by atoms with Crippen LogP contribution in [0, 0.1) is 0 Å². The molecule has 0 saturated carbocycles. The predicted molar refractivity (Wildman–Crippen MR) is 42.0 cm³/mol. The van der Waals surface area contributed by atoms with Gasteiger partial charge >= 0.3 is 5.97 Å². The normalized spacial score (nSPS) is 35.3. The van der Waals surface area contributed by atoms with Gasteiger partial charge in [0.1, 0.15) is 0 Å². The monoisotopic (exact) mass is 171 g/mol. The molecule has 0 aromatic carbocycles. The topological polar surface area (TPSA) is 49.8 Å². The summed E-state index contributed by atoms with van der Waals surface area (Å²) in [5.41, 5.74) is 0. The van der Waals surface area contributed by atoms with Crippen molar-refractivity contribution in [2.45, 2.75) is 25.0 Å². The van der Waals surface area contributed by atoms with Gasteiger partial charge in [-0.15, -0.1) is 0 Å². The zero-order valence-corrected chi connectivity index (χ0v) is 6.90. The van der Waals surface area contributed by atoms with E-state index in [1.807, 2.05) is 4.90 Å². The van der Waals surface area contributed by atoms with Crippen LogP contribution in [0.1, 0.15) is 12.8 Å². The Morgan fingerprint density at radius 2 is 2.00 bits per heavy atom. The molecule has 4 nitrogen and oxygen atoms in total. The lowest BCUT2D eigenvalue weighted by Gasteiger charge is -2.30. The van der Waals surface area contributed by atoms with Gasteiger partial charge < -0.3 is 9.84 Å². The Morgan fingerprint density at radius 1 is 1.42 bits per heavy atom. The van der Waals surface area contributed by atoms with Crippen LogP contribution in [0.4, 0.5) is 0 Å². The van der Waals surface area contributed by atoms with E-state index in [0.717, 1.165) is 25.9 Å². The second kappa shape index (κ2) is 3.03. The van der Waals surface area contributed by atoms with Crippen LogP contribution in [0.2, 0.25) is 0 Å². The van der Waals surface area contributed by atoms with Gasteiger partial charge in [0.2, 0.25) is 0 Å². The minimum absolute atomic E-state index is 0.163. The van der Waals surface area contributed by atoms with Gasteiger partial charge in [-0.3, -0.25) is 9.69 Å². The molecule has 2 heterocycles. The molecule has 0 spiro atoms. The molecule has 2 rings (SSSR count). The molecule has 12 heavy (non-hydrogen) atoms. The van der Waals surface area contributed by atoms with Gasteiger partial charge in [0.25, 0.3) is 0 Å². The molecule has 4 heteroatoms. The van der Waals surface area contributed by atoms with Crippen molar-refractivity contribution in [1.29, 1.82) is 0 Å². The molecule has 2 aliphatic heterocycles. The smallest absolute Gasteiger partial charge is 0.317 e. The number of fused-ring (bicyclic) bond motifs is 2. The first-order chi connectivity index (χ1) is 5.74. The Bertz CT molecular complexity index is 183. The van der Waals surface area contributed by atoms with Crippen LogP contribution in [-0.4, -0.2) is 47.8 Å². The third-order valence-corrected chi connectivity index (χ3v) is 2.48. The average molecular weight is 171 g/mol. The first-order valence-corrected chi connectivity index (χ1v) is 4.33. The molecule has 0 aliphatic carbocycles. The van der Waals surface area contributed by atoms with Gasteiger partial charge in [0.05, 0.1) is 18.8 Å². The lowest BCUT2D eigenvalue weighted by molar-refractivity contribution is -0.140. The van der Waals surface area contributed by atoms with Crippen molar-refractivity contribution in [2.24, 2.45) is 0 Å². The van der Waals surface area contributed by atoms with Crippen LogP contribution in [0.5, 0.6) is 0 Å². The molecule has 68 valence electrons. The number of carboxylic acids is 1. The van der Waals surface area contributed by atoms with E-state index in [9.17, 15) is 4.79 Å². The first-order valence-electron chi connectivity index (χ1n) is 4.33. The zero-order chi connectivity index (χ0) is 8.55. The number of likely N-dealkylation sites (tertiary alicyclic amines) is 1. The number of aliphatic carboxylic acids is 1. The molecule has 0 amide bonds. The van der Waals surface area contributed by atoms with Crippen molar-refractivity contribution in [3.05, 3.63) is 0 Å². The molecule has 1 N–H and O–H groups in total. The molecule has 2 fully saturated rings. The average Bonchev–Trinajstić information content (AvgIpc) is 2.29. The Labute approximate surface area is 71.1 Å². The SMILES string of the molecule is O=C(O)CN1CC2CCC(C1)O2. The van der Waals surface area contributed by atoms with E-state index in [1.54, 1.807) is 0 Å². The summed E-state index contributed by atoms with van der Waals surface area (Å²) in [7, 11) is 0. The predicted octanol–water partition coefficient (Wildman–Crippen LogP) is -0.0658. The maximum Gasteiger partial charge on any atom is 0.317 e. The van der Waals surface area contributed by atoms with Crippen LogP contribution in [0.15, 0.2) is 0 Å². The van der Waals surface area contributed by atoms with Crippen molar-refractivity contribution >= 4 is 5.97 Å². The highest BCUT2D eigenvalue weighted by Crippen LogP contribution is 2.25. The van der Waals surface area contributed by atoms with E-state index >= 15 is 0 Å². The van der Waals surface area contributed by atoms with Crippen LogP contribution < -0.4 is 0 Å². The summed E-state index contributed by atoms with van der Waals surface area (Å²) in [6.45, 7) is 1.75. The summed E-state index contributed by atoms with van der Waals surface area (Å²) >= 11 is 0. The first kappa shape index (κ1) is 8.01. The number of hydrogen-bond donors (Lipinski definition) is 1. The van der Waals surface area contributed by atoms with Gasteiger partial charge in [-0.1, -0.05) is 0 Å². The Kier molecular flexibility index (Phi) is 2.02. The van der Waals surface area contributed by atoms with Gasteiger partial charge in [0, 0.05) is 13.1 Å². The second-order valence-electron chi connectivity index (χ2n) is 3.55. The second-order valence-corrected chi connectivity index (χ2v) is 3.55. The summed E-state index contributed by atoms with van der Waals surface area (Å²) in [5, 5.41) is 8.58. The minimum atomic E-state index is -0.740. The molecule has 2 aliphatic rings. The Balaban J connectivity index is 1.89. The van der Waals surface area contributed by atoms with Crippen molar-refractivity contribution < 1.29 is 14.6 Å². The third-order valence-electron chi connectivity index (χ3n) is 2.48. The Hall–Kier alpha value is -0.610. The quantitative estimate of drug-likeness (QED) is 0.632. The largest absolute Gasteiger partial charge is 0.480 e. The van der Waals surface area contributed by atoms with E-state index in [2.05, 4.69) is 0 Å². The maximum atomic E-state index is 10.4. The van der Waals surface area contributed by atoms with Gasteiger partial charge in [-0.05, 0) is 12.8 Å². The standard InChI is InChI=1S/C8H13NO3/c10-8(11)5-9-3-6-1-2-7(4-9)12-6/h6-7H,1-5H2,(H,10,11). The summed E-state index contributed by atoms with van der Waals surface area (Å²) in [4.78, 5) is 12.4. The molecular weight excluding hydrogens is 158 g/mol. The van der Waals surface area contributed by atoms with Crippen LogP contribution in [-0.2, 0) is 9.53 Å². The van der Waals surface area contributed by atoms with E-state index in [-0.39, 0.29) is 6.54 Å². The highest BCUT2D eigenvalue weighted by molar-refractivity contribution is 5.69. The number of carbonyl (C=O) groups is 1. The summed E-state index contributed by atoms with van der Waals surface area (Å²) in [6, 6.07) is 0. The zero-order valence-electron chi connectivity index (χ0n) is 6.90. The maximum absolute atomic E-state index is 10.4.